The Morgan fingerprint density at radius 1 is 1.27 bits per heavy atom. The molecule has 0 saturated carbocycles. The number of sulfonamides is 1. The second-order valence-electron chi connectivity index (χ2n) is 5.34. The van der Waals surface area contributed by atoms with Crippen molar-refractivity contribution in [3.8, 4) is 5.75 Å². The summed E-state index contributed by atoms with van der Waals surface area (Å²) in [6.45, 7) is 8.10. The zero-order valence-corrected chi connectivity index (χ0v) is 13.9. The van der Waals surface area contributed by atoms with Crippen molar-refractivity contribution in [1.29, 1.82) is 0 Å². The lowest BCUT2D eigenvalue weighted by molar-refractivity contribution is 0.0354. The summed E-state index contributed by atoms with van der Waals surface area (Å²) in [5.41, 5.74) is 0. The lowest BCUT2D eigenvalue weighted by Crippen LogP contribution is -2.45. The van der Waals surface area contributed by atoms with E-state index in [1.807, 2.05) is 13.8 Å². The lowest BCUT2D eigenvalue weighted by atomic mass is 10.3. The van der Waals surface area contributed by atoms with Crippen LogP contribution in [0.2, 0.25) is 0 Å². The largest absolute Gasteiger partial charge is 0.494 e. The molecule has 1 aliphatic heterocycles. The van der Waals surface area contributed by atoms with Crippen molar-refractivity contribution in [3.05, 3.63) is 24.3 Å². The van der Waals surface area contributed by atoms with Crippen molar-refractivity contribution in [3.63, 3.8) is 0 Å². The summed E-state index contributed by atoms with van der Waals surface area (Å²) in [5.74, 6) is 0.669. The van der Waals surface area contributed by atoms with Gasteiger partial charge in [0.25, 0.3) is 0 Å². The maximum Gasteiger partial charge on any atom is 0.240 e. The number of ether oxygens (including phenoxy) is 2. The maximum absolute atomic E-state index is 12.4. The highest BCUT2D eigenvalue weighted by Gasteiger charge is 2.20. The van der Waals surface area contributed by atoms with Gasteiger partial charge in [-0.25, -0.2) is 13.1 Å². The topological polar surface area (TPSA) is 67.9 Å². The van der Waals surface area contributed by atoms with Gasteiger partial charge in [-0.2, -0.15) is 0 Å². The van der Waals surface area contributed by atoms with E-state index >= 15 is 0 Å². The molecule has 2 rings (SSSR count). The van der Waals surface area contributed by atoms with E-state index in [9.17, 15) is 8.42 Å². The molecule has 0 radical (unpaired) electrons. The van der Waals surface area contributed by atoms with Crippen LogP contribution in [0, 0.1) is 0 Å². The molecule has 1 aliphatic rings. The Morgan fingerprint density at radius 2 is 1.91 bits per heavy atom. The minimum absolute atomic E-state index is 0.158. The average Bonchev–Trinajstić information content (AvgIpc) is 2.48. The van der Waals surface area contributed by atoms with Gasteiger partial charge < -0.3 is 9.47 Å². The monoisotopic (exact) mass is 328 g/mol. The summed E-state index contributed by atoms with van der Waals surface area (Å²) in [7, 11) is -3.51. The van der Waals surface area contributed by atoms with Crippen LogP contribution in [0.4, 0.5) is 0 Å². The second-order valence-corrected chi connectivity index (χ2v) is 7.05. The second kappa shape index (κ2) is 7.92. The molecule has 1 fully saturated rings. The molecule has 1 atom stereocenters. The van der Waals surface area contributed by atoms with Gasteiger partial charge in [0.15, 0.2) is 0 Å². The molecular formula is C15H24N2O4S. The minimum Gasteiger partial charge on any atom is -0.494 e. The first-order valence-electron chi connectivity index (χ1n) is 7.56. The third-order valence-corrected chi connectivity index (χ3v) is 5.04. The zero-order chi connectivity index (χ0) is 16.0. The summed E-state index contributed by atoms with van der Waals surface area (Å²) < 4.78 is 38.0. The lowest BCUT2D eigenvalue weighted by Gasteiger charge is -2.29. The fourth-order valence-electron chi connectivity index (χ4n) is 2.42. The van der Waals surface area contributed by atoms with E-state index in [-0.39, 0.29) is 10.9 Å². The first-order chi connectivity index (χ1) is 10.5. The summed E-state index contributed by atoms with van der Waals surface area (Å²) >= 11 is 0. The van der Waals surface area contributed by atoms with Crippen molar-refractivity contribution in [2.75, 3.05) is 39.5 Å². The predicted molar refractivity (Wildman–Crippen MR) is 84.7 cm³/mol. The van der Waals surface area contributed by atoms with Crippen molar-refractivity contribution < 1.29 is 17.9 Å². The van der Waals surface area contributed by atoms with E-state index in [4.69, 9.17) is 9.47 Å². The molecular weight excluding hydrogens is 304 g/mol. The molecule has 0 bridgehead atoms. The Balaban J connectivity index is 1.94. The number of nitrogens with one attached hydrogen (secondary N) is 1. The van der Waals surface area contributed by atoms with Crippen molar-refractivity contribution in [2.45, 2.75) is 24.8 Å². The van der Waals surface area contributed by atoms with Gasteiger partial charge in [-0.15, -0.1) is 0 Å². The molecule has 0 amide bonds. The van der Waals surface area contributed by atoms with Gasteiger partial charge in [0, 0.05) is 25.7 Å². The molecule has 124 valence electrons. The highest BCUT2D eigenvalue weighted by molar-refractivity contribution is 7.89. The summed E-state index contributed by atoms with van der Waals surface area (Å²) in [6, 6.07) is 6.31. The van der Waals surface area contributed by atoms with Crippen molar-refractivity contribution >= 4 is 10.0 Å². The van der Waals surface area contributed by atoms with Crippen LogP contribution < -0.4 is 9.46 Å². The first-order valence-corrected chi connectivity index (χ1v) is 9.05. The van der Waals surface area contributed by atoms with E-state index in [1.165, 1.54) is 0 Å². The number of rotatable bonds is 7. The molecule has 0 unspecified atom stereocenters. The van der Waals surface area contributed by atoms with Gasteiger partial charge in [-0.1, -0.05) is 0 Å². The predicted octanol–water partition coefficient (Wildman–Crippen LogP) is 1.08. The minimum atomic E-state index is -3.51. The summed E-state index contributed by atoms with van der Waals surface area (Å²) in [5, 5.41) is 0. The van der Waals surface area contributed by atoms with Gasteiger partial charge >= 0.3 is 0 Å². The van der Waals surface area contributed by atoms with Crippen LogP contribution in [-0.4, -0.2) is 58.8 Å². The van der Waals surface area contributed by atoms with E-state index in [0.717, 1.165) is 13.1 Å². The van der Waals surface area contributed by atoms with Crippen LogP contribution in [0.5, 0.6) is 5.75 Å². The third-order valence-electron chi connectivity index (χ3n) is 3.44. The van der Waals surface area contributed by atoms with Crippen LogP contribution in [0.15, 0.2) is 29.2 Å². The number of hydrogen-bond acceptors (Lipinski definition) is 5. The highest BCUT2D eigenvalue weighted by atomic mass is 32.2. The number of nitrogens with zero attached hydrogens (tertiary/aromatic N) is 1. The normalized spacial score (nSPS) is 18.1. The van der Waals surface area contributed by atoms with Gasteiger partial charge in [0.2, 0.25) is 10.0 Å². The summed E-state index contributed by atoms with van der Waals surface area (Å²) in [6.07, 6.45) is 0. The molecule has 1 N–H and O–H groups in total. The van der Waals surface area contributed by atoms with Crippen molar-refractivity contribution in [1.82, 2.24) is 9.62 Å². The van der Waals surface area contributed by atoms with Crippen LogP contribution in [-0.2, 0) is 14.8 Å². The van der Waals surface area contributed by atoms with Gasteiger partial charge in [0.05, 0.1) is 24.7 Å². The molecule has 1 aromatic rings. The third kappa shape index (κ3) is 4.95. The van der Waals surface area contributed by atoms with Gasteiger partial charge in [0.1, 0.15) is 5.75 Å². The fourth-order valence-corrected chi connectivity index (χ4v) is 3.66. The SMILES string of the molecule is CCOc1ccc(S(=O)(=O)N[C@@H](C)CN2CCOCC2)cc1. The van der Waals surface area contributed by atoms with Crippen LogP contribution in [0.1, 0.15) is 13.8 Å². The van der Waals surface area contributed by atoms with E-state index in [0.29, 0.717) is 32.1 Å². The van der Waals surface area contributed by atoms with E-state index < -0.39 is 10.0 Å². The molecule has 1 aromatic carbocycles. The average molecular weight is 328 g/mol. The highest BCUT2D eigenvalue weighted by Crippen LogP contribution is 2.16. The Labute approximate surface area is 132 Å². The number of benzene rings is 1. The van der Waals surface area contributed by atoms with Crippen molar-refractivity contribution in [2.24, 2.45) is 0 Å². The Kier molecular flexibility index (Phi) is 6.19. The van der Waals surface area contributed by atoms with Crippen LogP contribution in [0.3, 0.4) is 0 Å². The van der Waals surface area contributed by atoms with E-state index in [2.05, 4.69) is 9.62 Å². The number of morpholine rings is 1. The molecule has 0 aliphatic carbocycles. The summed E-state index contributed by atoms with van der Waals surface area (Å²) in [4.78, 5) is 2.46. The molecule has 0 spiro atoms. The molecule has 1 heterocycles. The zero-order valence-electron chi connectivity index (χ0n) is 13.1. The van der Waals surface area contributed by atoms with Crippen LogP contribution in [0.25, 0.3) is 0 Å². The van der Waals surface area contributed by atoms with Gasteiger partial charge in [-0.3, -0.25) is 4.90 Å². The van der Waals surface area contributed by atoms with E-state index in [1.54, 1.807) is 24.3 Å². The quantitative estimate of drug-likeness (QED) is 0.811. The van der Waals surface area contributed by atoms with Crippen LogP contribution >= 0.6 is 0 Å². The number of hydrogen-bond donors (Lipinski definition) is 1. The van der Waals surface area contributed by atoms with Gasteiger partial charge in [-0.05, 0) is 38.1 Å². The Bertz CT molecular complexity index is 553. The molecule has 22 heavy (non-hydrogen) atoms. The maximum atomic E-state index is 12.4. The smallest absolute Gasteiger partial charge is 0.240 e. The molecule has 6 nitrogen and oxygen atoms in total. The molecule has 7 heteroatoms. The molecule has 0 aromatic heterocycles. The Morgan fingerprint density at radius 3 is 2.50 bits per heavy atom. The first kappa shape index (κ1) is 17.2. The standard InChI is InChI=1S/C15H24N2O4S/c1-3-21-14-4-6-15(7-5-14)22(18,19)16-13(2)12-17-8-10-20-11-9-17/h4-7,13,16H,3,8-12H2,1-2H3/t13-/m0/s1. The Hall–Kier alpha value is -1.15. The molecule has 1 saturated heterocycles. The fraction of sp³-hybridized carbons (Fsp3) is 0.600.